The van der Waals surface area contributed by atoms with Gasteiger partial charge in [0.15, 0.2) is 0 Å². The summed E-state index contributed by atoms with van der Waals surface area (Å²) in [7, 11) is 0. The molecular weight excluding hydrogens is 179 g/mol. The zero-order valence-corrected chi connectivity index (χ0v) is 7.43. The summed E-state index contributed by atoms with van der Waals surface area (Å²) < 4.78 is 1.60. The van der Waals surface area contributed by atoms with E-state index in [2.05, 4.69) is 20.8 Å². The Morgan fingerprint density at radius 3 is 1.67 bits per heavy atom. The predicted molar refractivity (Wildman–Crippen MR) is 31.3 cm³/mol. The Kier molecular flexibility index (Phi) is 3.09. The van der Waals surface area contributed by atoms with Crippen LogP contribution in [-0.2, 0) is 0 Å². The van der Waals surface area contributed by atoms with Crippen LogP contribution in [0.4, 0.5) is 0 Å². The van der Waals surface area contributed by atoms with E-state index in [1.54, 1.807) is 25.6 Å². The van der Waals surface area contributed by atoms with Gasteiger partial charge >= 0.3 is 52.3 Å². The van der Waals surface area contributed by atoms with Crippen LogP contribution in [0.25, 0.3) is 0 Å². The average Bonchev–Trinajstić information content (AvgIpc) is 1.36. The SMILES string of the molecule is C[C](=[Sn])C(C)C. The van der Waals surface area contributed by atoms with E-state index in [9.17, 15) is 0 Å². The summed E-state index contributed by atoms with van der Waals surface area (Å²) in [5.74, 6) is 0.809. The zero-order valence-electron chi connectivity index (χ0n) is 4.58. The maximum atomic E-state index is 2.23. The topological polar surface area (TPSA) is 0 Å². The van der Waals surface area contributed by atoms with Crippen molar-refractivity contribution in [3.05, 3.63) is 0 Å². The van der Waals surface area contributed by atoms with Crippen molar-refractivity contribution in [3.63, 3.8) is 0 Å². The summed E-state index contributed by atoms with van der Waals surface area (Å²) in [5, 5.41) is 0. The predicted octanol–water partition coefficient (Wildman–Crippen LogP) is 1.00. The molecule has 0 aliphatic heterocycles. The van der Waals surface area contributed by atoms with Crippen molar-refractivity contribution in [1.82, 2.24) is 0 Å². The van der Waals surface area contributed by atoms with Crippen LogP contribution in [0.5, 0.6) is 0 Å². The fourth-order valence-corrected chi connectivity index (χ4v) is 0. The first kappa shape index (κ1) is 6.67. The van der Waals surface area contributed by atoms with Gasteiger partial charge in [0.1, 0.15) is 0 Å². The summed E-state index contributed by atoms with van der Waals surface area (Å²) in [4.78, 5) is 0. The molecule has 1 heteroatoms. The molecule has 0 aromatic carbocycles. The van der Waals surface area contributed by atoms with Crippen LogP contribution in [0.2, 0.25) is 0 Å². The molecule has 0 aliphatic carbocycles. The molecule has 0 spiro atoms. The Labute approximate surface area is 52.5 Å². The van der Waals surface area contributed by atoms with Crippen molar-refractivity contribution in [1.29, 1.82) is 0 Å². The third-order valence-corrected chi connectivity index (χ3v) is 2.51. The van der Waals surface area contributed by atoms with E-state index >= 15 is 0 Å². The van der Waals surface area contributed by atoms with Gasteiger partial charge in [-0.2, -0.15) is 0 Å². The molecule has 0 aliphatic rings. The molecule has 0 saturated carbocycles. The molecule has 0 aromatic rings. The van der Waals surface area contributed by atoms with Gasteiger partial charge in [-0.05, 0) is 0 Å². The van der Waals surface area contributed by atoms with Crippen molar-refractivity contribution in [2.24, 2.45) is 5.92 Å². The van der Waals surface area contributed by atoms with Gasteiger partial charge in [-0.15, -0.1) is 0 Å². The van der Waals surface area contributed by atoms with Crippen LogP contribution in [-0.4, -0.2) is 25.6 Å². The molecule has 34 valence electrons. The van der Waals surface area contributed by atoms with Gasteiger partial charge in [0.2, 0.25) is 0 Å². The molecule has 0 amide bonds. The summed E-state index contributed by atoms with van der Waals surface area (Å²) in [6.45, 7) is 6.65. The van der Waals surface area contributed by atoms with Crippen LogP contribution in [0, 0.1) is 5.92 Å². The molecular formula is C5H10Sn. The molecule has 6 heavy (non-hydrogen) atoms. The van der Waals surface area contributed by atoms with E-state index < -0.39 is 0 Å². The first-order valence-corrected chi connectivity index (χ1v) is 3.62. The average molecular weight is 189 g/mol. The number of hydrogen-bond donors (Lipinski definition) is 0. The molecule has 0 bridgehead atoms. The normalized spacial score (nSPS) is 9.33. The quantitative estimate of drug-likeness (QED) is 0.539. The standard InChI is InChI=1S/C5H10.Sn/c1-4-5(2)3;/h5H,1-3H3;. The maximum absolute atomic E-state index is 2.23. The van der Waals surface area contributed by atoms with Crippen molar-refractivity contribution in [2.45, 2.75) is 20.8 Å². The fourth-order valence-electron chi connectivity index (χ4n) is 0. The molecule has 0 heterocycles. The van der Waals surface area contributed by atoms with Crippen LogP contribution in [0.1, 0.15) is 20.8 Å². The van der Waals surface area contributed by atoms with Crippen molar-refractivity contribution < 1.29 is 0 Å². The van der Waals surface area contributed by atoms with Gasteiger partial charge in [0, 0.05) is 0 Å². The first-order valence-electron chi connectivity index (χ1n) is 2.19. The zero-order chi connectivity index (χ0) is 5.15. The second-order valence-electron chi connectivity index (χ2n) is 1.84. The molecule has 0 fully saturated rings. The molecule has 0 aromatic heterocycles. The van der Waals surface area contributed by atoms with E-state index in [1.165, 1.54) is 0 Å². The molecule has 0 unspecified atom stereocenters. The van der Waals surface area contributed by atoms with E-state index in [4.69, 9.17) is 0 Å². The summed E-state index contributed by atoms with van der Waals surface area (Å²) >= 11 is 1.58. The summed E-state index contributed by atoms with van der Waals surface area (Å²) in [6, 6.07) is 0. The van der Waals surface area contributed by atoms with E-state index in [-0.39, 0.29) is 0 Å². The minimum absolute atomic E-state index is 0.809. The number of hydrogen-bond acceptors (Lipinski definition) is 0. The molecule has 0 rings (SSSR count). The third-order valence-electron chi connectivity index (χ3n) is 0.866. The Hall–Kier alpha value is 0.669. The minimum atomic E-state index is 0.809. The Balaban J connectivity index is 3.26. The fraction of sp³-hybridized carbons (Fsp3) is 0.800. The molecule has 2 radical (unpaired) electrons. The second kappa shape index (κ2) is 2.78. The molecule has 0 saturated heterocycles. The van der Waals surface area contributed by atoms with Crippen molar-refractivity contribution >= 4 is 25.6 Å². The summed E-state index contributed by atoms with van der Waals surface area (Å²) in [5.41, 5.74) is 0. The van der Waals surface area contributed by atoms with Gasteiger partial charge in [-0.25, -0.2) is 0 Å². The van der Waals surface area contributed by atoms with Crippen LogP contribution in [0.3, 0.4) is 0 Å². The Morgan fingerprint density at radius 1 is 1.50 bits per heavy atom. The second-order valence-corrected chi connectivity index (χ2v) is 4.09. The van der Waals surface area contributed by atoms with Crippen molar-refractivity contribution in [3.8, 4) is 0 Å². The molecule has 0 nitrogen and oxygen atoms in total. The molecule has 0 atom stereocenters. The monoisotopic (exact) mass is 190 g/mol. The van der Waals surface area contributed by atoms with Crippen LogP contribution < -0.4 is 0 Å². The van der Waals surface area contributed by atoms with Gasteiger partial charge in [-0.1, -0.05) is 0 Å². The third kappa shape index (κ3) is 2.88. The number of rotatable bonds is 1. The van der Waals surface area contributed by atoms with Crippen molar-refractivity contribution in [2.75, 3.05) is 0 Å². The van der Waals surface area contributed by atoms with Gasteiger partial charge in [0.05, 0.1) is 0 Å². The van der Waals surface area contributed by atoms with E-state index in [1.807, 2.05) is 0 Å². The van der Waals surface area contributed by atoms with Gasteiger partial charge in [0.25, 0.3) is 0 Å². The van der Waals surface area contributed by atoms with E-state index in [0.717, 1.165) is 5.92 Å². The first-order chi connectivity index (χ1) is 2.64. The van der Waals surface area contributed by atoms with Crippen LogP contribution >= 0.6 is 0 Å². The molecule has 0 N–H and O–H groups in total. The van der Waals surface area contributed by atoms with Crippen LogP contribution in [0.15, 0.2) is 0 Å². The Morgan fingerprint density at radius 2 is 1.67 bits per heavy atom. The van der Waals surface area contributed by atoms with Gasteiger partial charge in [-0.3, -0.25) is 0 Å². The summed E-state index contributed by atoms with van der Waals surface area (Å²) in [6.07, 6.45) is 0. The van der Waals surface area contributed by atoms with E-state index in [0.29, 0.717) is 0 Å². The Bertz CT molecular complexity index is 55.0. The van der Waals surface area contributed by atoms with Gasteiger partial charge < -0.3 is 0 Å².